The molecule has 3 heterocycles. The van der Waals surface area contributed by atoms with Gasteiger partial charge in [-0.1, -0.05) is 0 Å². The molecule has 1 aliphatic heterocycles. The van der Waals surface area contributed by atoms with E-state index in [1.54, 1.807) is 16.8 Å². The van der Waals surface area contributed by atoms with Crippen LogP contribution in [0.25, 0.3) is 5.65 Å². The number of likely N-dealkylation sites (tertiary alicyclic amines) is 1. The van der Waals surface area contributed by atoms with Crippen LogP contribution in [0.5, 0.6) is 0 Å². The van der Waals surface area contributed by atoms with Gasteiger partial charge in [0, 0.05) is 31.7 Å². The molecule has 2 aliphatic rings. The van der Waals surface area contributed by atoms with E-state index in [4.69, 9.17) is 0 Å². The summed E-state index contributed by atoms with van der Waals surface area (Å²) in [7, 11) is 0. The number of pyridine rings is 1. The van der Waals surface area contributed by atoms with Gasteiger partial charge in [-0.25, -0.2) is 0 Å². The molecule has 7 heteroatoms. The van der Waals surface area contributed by atoms with E-state index in [2.05, 4.69) is 15.5 Å². The standard InChI is InChI=1S/C17H21N5O2/c23-16(14-4-2-8-22-11-19-20-15(14)22)18-9-12-3-1-7-21(10-12)17(24)13-5-6-13/h2,4,8,11-13H,1,3,5-7,9-10H2,(H,18,23)/t12-/m0/s1. The molecule has 0 radical (unpaired) electrons. The molecule has 2 aromatic rings. The van der Waals surface area contributed by atoms with Gasteiger partial charge >= 0.3 is 0 Å². The van der Waals surface area contributed by atoms with Gasteiger partial charge in [0.2, 0.25) is 5.91 Å². The highest BCUT2D eigenvalue weighted by Gasteiger charge is 2.35. The van der Waals surface area contributed by atoms with Crippen molar-refractivity contribution < 1.29 is 9.59 Å². The van der Waals surface area contributed by atoms with E-state index < -0.39 is 0 Å². The predicted octanol–water partition coefficient (Wildman–Crippen LogP) is 1.11. The Morgan fingerprint density at radius 3 is 3.00 bits per heavy atom. The van der Waals surface area contributed by atoms with Crippen molar-refractivity contribution in [3.05, 3.63) is 30.2 Å². The van der Waals surface area contributed by atoms with E-state index >= 15 is 0 Å². The number of aromatic nitrogens is 3. The van der Waals surface area contributed by atoms with Crippen molar-refractivity contribution >= 4 is 17.5 Å². The molecule has 1 saturated carbocycles. The fourth-order valence-corrected chi connectivity index (χ4v) is 3.38. The maximum Gasteiger partial charge on any atom is 0.255 e. The first-order chi connectivity index (χ1) is 11.7. The third kappa shape index (κ3) is 2.98. The Morgan fingerprint density at radius 2 is 2.17 bits per heavy atom. The zero-order valence-corrected chi connectivity index (χ0v) is 13.5. The number of piperidine rings is 1. The molecule has 1 saturated heterocycles. The summed E-state index contributed by atoms with van der Waals surface area (Å²) in [6.07, 6.45) is 7.53. The lowest BCUT2D eigenvalue weighted by molar-refractivity contribution is -0.134. The summed E-state index contributed by atoms with van der Waals surface area (Å²) in [5, 5.41) is 10.8. The maximum absolute atomic E-state index is 12.5. The number of carbonyl (C=O) groups excluding carboxylic acids is 2. The molecule has 0 unspecified atom stereocenters. The Hall–Kier alpha value is -2.44. The van der Waals surface area contributed by atoms with Crippen molar-refractivity contribution in [2.24, 2.45) is 11.8 Å². The van der Waals surface area contributed by atoms with Gasteiger partial charge in [0.15, 0.2) is 5.65 Å². The number of amides is 2. The first kappa shape index (κ1) is 15.1. The molecule has 24 heavy (non-hydrogen) atoms. The second-order valence-corrected chi connectivity index (χ2v) is 6.76. The Labute approximate surface area is 140 Å². The first-order valence-corrected chi connectivity index (χ1v) is 8.57. The first-order valence-electron chi connectivity index (χ1n) is 8.57. The lowest BCUT2D eigenvalue weighted by atomic mass is 9.97. The van der Waals surface area contributed by atoms with Crippen LogP contribution in [-0.4, -0.2) is 50.9 Å². The minimum atomic E-state index is -0.140. The van der Waals surface area contributed by atoms with Crippen molar-refractivity contribution in [1.29, 1.82) is 0 Å². The van der Waals surface area contributed by atoms with E-state index in [0.717, 1.165) is 38.8 Å². The Bertz CT molecular complexity index is 767. The van der Waals surface area contributed by atoms with Gasteiger partial charge in [-0.15, -0.1) is 10.2 Å². The van der Waals surface area contributed by atoms with Gasteiger partial charge in [0.25, 0.3) is 5.91 Å². The summed E-state index contributed by atoms with van der Waals surface area (Å²) in [5.41, 5.74) is 1.08. The SMILES string of the molecule is O=C(NC[C@@H]1CCCN(C(=O)C2CC2)C1)c1cccn2cnnc12. The molecular formula is C17H21N5O2. The third-order valence-corrected chi connectivity index (χ3v) is 4.88. The number of hydrogen-bond acceptors (Lipinski definition) is 4. The third-order valence-electron chi connectivity index (χ3n) is 4.88. The lowest BCUT2D eigenvalue weighted by Crippen LogP contribution is -2.44. The molecule has 2 aromatic heterocycles. The summed E-state index contributed by atoms with van der Waals surface area (Å²) < 4.78 is 1.73. The van der Waals surface area contributed by atoms with Crippen molar-refractivity contribution in [1.82, 2.24) is 24.8 Å². The number of hydrogen-bond donors (Lipinski definition) is 1. The van der Waals surface area contributed by atoms with Crippen LogP contribution in [0, 0.1) is 11.8 Å². The molecule has 2 amide bonds. The topological polar surface area (TPSA) is 79.6 Å². The van der Waals surface area contributed by atoms with Crippen LogP contribution in [0.15, 0.2) is 24.7 Å². The fraction of sp³-hybridized carbons (Fsp3) is 0.529. The zero-order chi connectivity index (χ0) is 16.5. The number of carbonyl (C=O) groups is 2. The Kier molecular flexibility index (Phi) is 3.92. The summed E-state index contributed by atoms with van der Waals surface area (Å²) in [6.45, 7) is 2.20. The highest BCUT2D eigenvalue weighted by Crippen LogP contribution is 2.32. The lowest BCUT2D eigenvalue weighted by Gasteiger charge is -2.33. The minimum absolute atomic E-state index is 0.140. The summed E-state index contributed by atoms with van der Waals surface area (Å²) in [6, 6.07) is 3.56. The average molecular weight is 327 g/mol. The Balaban J connectivity index is 1.36. The van der Waals surface area contributed by atoms with E-state index in [-0.39, 0.29) is 11.8 Å². The number of nitrogens with one attached hydrogen (secondary N) is 1. The second kappa shape index (κ2) is 6.22. The predicted molar refractivity (Wildman–Crippen MR) is 87.3 cm³/mol. The van der Waals surface area contributed by atoms with Crippen molar-refractivity contribution in [3.8, 4) is 0 Å². The van der Waals surface area contributed by atoms with Gasteiger partial charge < -0.3 is 10.2 Å². The van der Waals surface area contributed by atoms with Crippen LogP contribution in [0.1, 0.15) is 36.0 Å². The maximum atomic E-state index is 12.5. The van der Waals surface area contributed by atoms with Crippen molar-refractivity contribution in [2.45, 2.75) is 25.7 Å². The fourth-order valence-electron chi connectivity index (χ4n) is 3.38. The molecule has 1 N–H and O–H groups in total. The molecule has 0 bridgehead atoms. The van der Waals surface area contributed by atoms with Crippen LogP contribution in [0.2, 0.25) is 0 Å². The smallest absolute Gasteiger partial charge is 0.255 e. The molecule has 0 spiro atoms. The highest BCUT2D eigenvalue weighted by molar-refractivity contribution is 5.99. The number of rotatable bonds is 4. The molecule has 126 valence electrons. The van der Waals surface area contributed by atoms with Crippen LogP contribution in [0.4, 0.5) is 0 Å². The monoisotopic (exact) mass is 327 g/mol. The van der Waals surface area contributed by atoms with Crippen molar-refractivity contribution in [3.63, 3.8) is 0 Å². The van der Waals surface area contributed by atoms with Gasteiger partial charge in [-0.3, -0.25) is 14.0 Å². The van der Waals surface area contributed by atoms with Gasteiger partial charge in [-0.05, 0) is 43.7 Å². The van der Waals surface area contributed by atoms with E-state index in [1.165, 1.54) is 0 Å². The molecule has 2 fully saturated rings. The van der Waals surface area contributed by atoms with Crippen LogP contribution < -0.4 is 5.32 Å². The van der Waals surface area contributed by atoms with Gasteiger partial charge in [-0.2, -0.15) is 0 Å². The van der Waals surface area contributed by atoms with E-state index in [9.17, 15) is 9.59 Å². The summed E-state index contributed by atoms with van der Waals surface area (Å²) in [5.74, 6) is 0.755. The van der Waals surface area contributed by atoms with Gasteiger partial charge in [0.1, 0.15) is 6.33 Å². The molecule has 1 atom stereocenters. The van der Waals surface area contributed by atoms with Gasteiger partial charge in [0.05, 0.1) is 5.56 Å². The Morgan fingerprint density at radius 1 is 1.29 bits per heavy atom. The summed E-state index contributed by atoms with van der Waals surface area (Å²) in [4.78, 5) is 26.6. The molecule has 7 nitrogen and oxygen atoms in total. The largest absolute Gasteiger partial charge is 0.352 e. The average Bonchev–Trinajstić information content (AvgIpc) is 3.35. The van der Waals surface area contributed by atoms with Crippen LogP contribution in [-0.2, 0) is 4.79 Å². The van der Waals surface area contributed by atoms with Crippen LogP contribution >= 0.6 is 0 Å². The summed E-state index contributed by atoms with van der Waals surface area (Å²) >= 11 is 0. The highest BCUT2D eigenvalue weighted by atomic mass is 16.2. The number of nitrogens with zero attached hydrogens (tertiary/aromatic N) is 4. The molecule has 0 aromatic carbocycles. The molecular weight excluding hydrogens is 306 g/mol. The molecule has 1 aliphatic carbocycles. The zero-order valence-electron chi connectivity index (χ0n) is 13.5. The van der Waals surface area contributed by atoms with E-state index in [0.29, 0.717) is 29.6 Å². The minimum Gasteiger partial charge on any atom is -0.352 e. The second-order valence-electron chi connectivity index (χ2n) is 6.76. The van der Waals surface area contributed by atoms with Crippen molar-refractivity contribution in [2.75, 3.05) is 19.6 Å². The van der Waals surface area contributed by atoms with E-state index in [1.807, 2.05) is 17.2 Å². The number of fused-ring (bicyclic) bond motifs is 1. The van der Waals surface area contributed by atoms with Crippen LogP contribution in [0.3, 0.4) is 0 Å². The quantitative estimate of drug-likeness (QED) is 0.912. The normalized spacial score (nSPS) is 21.0. The molecule has 4 rings (SSSR count).